The fourth-order valence-corrected chi connectivity index (χ4v) is 2.09. The molecule has 0 aromatic heterocycles. The van der Waals surface area contributed by atoms with Crippen molar-refractivity contribution in [3.8, 4) is 11.8 Å². The van der Waals surface area contributed by atoms with Crippen LogP contribution in [0.2, 0.25) is 0 Å². The molecule has 1 fully saturated rings. The molecule has 0 bridgehead atoms. The number of amides is 1. The van der Waals surface area contributed by atoms with Crippen molar-refractivity contribution in [3.05, 3.63) is 35.4 Å². The van der Waals surface area contributed by atoms with E-state index in [0.29, 0.717) is 18.0 Å². The largest absolute Gasteiger partial charge is 0.395 e. The highest BCUT2D eigenvalue weighted by atomic mass is 16.2. The van der Waals surface area contributed by atoms with Crippen LogP contribution in [0.15, 0.2) is 24.3 Å². The highest BCUT2D eigenvalue weighted by Gasteiger charge is 2.26. The van der Waals surface area contributed by atoms with Gasteiger partial charge in [-0.1, -0.05) is 17.9 Å². The van der Waals surface area contributed by atoms with Crippen molar-refractivity contribution < 1.29 is 9.90 Å². The summed E-state index contributed by atoms with van der Waals surface area (Å²) in [4.78, 5) is 14.1. The predicted molar refractivity (Wildman–Crippen MR) is 74.8 cm³/mol. The van der Waals surface area contributed by atoms with Crippen molar-refractivity contribution in [2.45, 2.75) is 31.7 Å². The van der Waals surface area contributed by atoms with Crippen LogP contribution in [0.5, 0.6) is 0 Å². The lowest BCUT2D eigenvalue weighted by Gasteiger charge is -2.34. The average molecular weight is 257 g/mol. The minimum absolute atomic E-state index is 0.0653. The van der Waals surface area contributed by atoms with Crippen molar-refractivity contribution in [1.29, 1.82) is 0 Å². The summed E-state index contributed by atoms with van der Waals surface area (Å²) in [6.07, 6.45) is 3.89. The van der Waals surface area contributed by atoms with Crippen LogP contribution in [0, 0.1) is 11.8 Å². The molecule has 0 spiro atoms. The molecule has 0 saturated heterocycles. The van der Waals surface area contributed by atoms with Crippen LogP contribution in [0.3, 0.4) is 0 Å². The molecule has 1 aliphatic carbocycles. The molecule has 1 N–H and O–H groups in total. The fraction of sp³-hybridized carbons (Fsp3) is 0.438. The average Bonchev–Trinajstić information content (AvgIpc) is 2.36. The SMILES string of the molecule is CN(C(=O)c1cccc(C#CCCO)c1)C1CCC1. The first-order valence-corrected chi connectivity index (χ1v) is 6.69. The molecule has 3 nitrogen and oxygen atoms in total. The Kier molecular flexibility index (Phi) is 4.59. The quantitative estimate of drug-likeness (QED) is 0.842. The number of carbonyl (C=O) groups is 1. The highest BCUT2D eigenvalue weighted by Crippen LogP contribution is 2.24. The molecule has 1 saturated carbocycles. The molecule has 0 aliphatic heterocycles. The summed E-state index contributed by atoms with van der Waals surface area (Å²) in [6.45, 7) is 0.0655. The fourth-order valence-electron chi connectivity index (χ4n) is 2.09. The number of carbonyl (C=O) groups excluding carboxylic acids is 1. The molecule has 3 heteroatoms. The van der Waals surface area contributed by atoms with E-state index in [-0.39, 0.29) is 12.5 Å². The third kappa shape index (κ3) is 3.36. The van der Waals surface area contributed by atoms with Gasteiger partial charge in [-0.25, -0.2) is 0 Å². The molecular weight excluding hydrogens is 238 g/mol. The van der Waals surface area contributed by atoms with Crippen LogP contribution in [0.1, 0.15) is 41.6 Å². The number of aliphatic hydroxyl groups excluding tert-OH is 1. The van der Waals surface area contributed by atoms with E-state index < -0.39 is 0 Å². The number of hydrogen-bond acceptors (Lipinski definition) is 2. The van der Waals surface area contributed by atoms with Crippen LogP contribution in [-0.2, 0) is 0 Å². The zero-order valence-corrected chi connectivity index (χ0v) is 11.2. The second-order valence-electron chi connectivity index (χ2n) is 4.86. The van der Waals surface area contributed by atoms with Crippen LogP contribution < -0.4 is 0 Å². The first-order valence-electron chi connectivity index (χ1n) is 6.69. The predicted octanol–water partition coefficient (Wildman–Crippen LogP) is 2.04. The van der Waals surface area contributed by atoms with Gasteiger partial charge in [-0.2, -0.15) is 0 Å². The van der Waals surface area contributed by atoms with Crippen molar-refractivity contribution >= 4 is 5.91 Å². The van der Waals surface area contributed by atoms with E-state index >= 15 is 0 Å². The molecule has 1 aromatic rings. The Morgan fingerprint density at radius 2 is 2.26 bits per heavy atom. The third-order valence-electron chi connectivity index (χ3n) is 3.52. The Bertz CT molecular complexity index is 509. The maximum atomic E-state index is 12.3. The van der Waals surface area contributed by atoms with E-state index in [9.17, 15) is 4.79 Å². The first kappa shape index (κ1) is 13.6. The molecule has 0 unspecified atom stereocenters. The third-order valence-corrected chi connectivity index (χ3v) is 3.52. The Balaban J connectivity index is 2.09. The maximum Gasteiger partial charge on any atom is 0.253 e. The van der Waals surface area contributed by atoms with Crippen molar-refractivity contribution in [1.82, 2.24) is 4.90 Å². The Labute approximate surface area is 114 Å². The van der Waals surface area contributed by atoms with E-state index in [1.165, 1.54) is 6.42 Å². The Morgan fingerprint density at radius 3 is 2.89 bits per heavy atom. The first-order chi connectivity index (χ1) is 9.22. The molecule has 19 heavy (non-hydrogen) atoms. The van der Waals surface area contributed by atoms with Crippen LogP contribution in [0.25, 0.3) is 0 Å². The number of benzene rings is 1. The van der Waals surface area contributed by atoms with E-state index in [4.69, 9.17) is 5.11 Å². The van der Waals surface area contributed by atoms with Gasteiger partial charge in [0.2, 0.25) is 0 Å². The van der Waals surface area contributed by atoms with Crippen LogP contribution >= 0.6 is 0 Å². The van der Waals surface area contributed by atoms with Gasteiger partial charge in [0, 0.05) is 30.6 Å². The summed E-state index contributed by atoms with van der Waals surface area (Å²) in [5.41, 5.74) is 1.51. The molecular formula is C16H19NO2. The lowest BCUT2D eigenvalue weighted by Crippen LogP contribution is -2.41. The summed E-state index contributed by atoms with van der Waals surface area (Å²) in [5.74, 6) is 5.89. The standard InChI is InChI=1S/C16H19NO2/c1-17(15-9-5-10-15)16(19)14-8-4-7-13(12-14)6-2-3-11-18/h4,7-8,12,15,18H,3,5,9-11H2,1H3. The van der Waals surface area contributed by atoms with Gasteiger partial charge < -0.3 is 10.0 Å². The molecule has 1 amide bonds. The Hall–Kier alpha value is -1.79. The van der Waals surface area contributed by atoms with Gasteiger partial charge in [0.15, 0.2) is 0 Å². The lowest BCUT2D eigenvalue weighted by molar-refractivity contribution is 0.0652. The van der Waals surface area contributed by atoms with E-state index in [1.807, 2.05) is 36.2 Å². The molecule has 0 heterocycles. The van der Waals surface area contributed by atoms with Crippen molar-refractivity contribution in [2.75, 3.05) is 13.7 Å². The van der Waals surface area contributed by atoms with Gasteiger partial charge in [-0.15, -0.1) is 0 Å². The summed E-state index contributed by atoms with van der Waals surface area (Å²) < 4.78 is 0. The molecule has 0 atom stereocenters. The lowest BCUT2D eigenvalue weighted by atomic mass is 9.91. The molecule has 1 aromatic carbocycles. The van der Waals surface area contributed by atoms with E-state index in [0.717, 1.165) is 18.4 Å². The highest BCUT2D eigenvalue weighted by molar-refractivity contribution is 5.94. The second kappa shape index (κ2) is 6.40. The zero-order valence-electron chi connectivity index (χ0n) is 11.2. The van der Waals surface area contributed by atoms with Crippen LogP contribution in [0.4, 0.5) is 0 Å². The monoisotopic (exact) mass is 257 g/mol. The zero-order chi connectivity index (χ0) is 13.7. The van der Waals surface area contributed by atoms with E-state index in [2.05, 4.69) is 11.8 Å². The number of nitrogens with zero attached hydrogens (tertiary/aromatic N) is 1. The minimum atomic E-state index is 0.0653. The summed E-state index contributed by atoms with van der Waals surface area (Å²) in [5, 5.41) is 8.69. The number of rotatable bonds is 3. The minimum Gasteiger partial charge on any atom is -0.395 e. The molecule has 1 aliphatic rings. The summed E-state index contributed by atoms with van der Waals surface area (Å²) >= 11 is 0. The van der Waals surface area contributed by atoms with Crippen molar-refractivity contribution in [2.24, 2.45) is 0 Å². The maximum absolute atomic E-state index is 12.3. The van der Waals surface area contributed by atoms with Crippen molar-refractivity contribution in [3.63, 3.8) is 0 Å². The van der Waals surface area contributed by atoms with Gasteiger partial charge in [-0.3, -0.25) is 4.79 Å². The smallest absolute Gasteiger partial charge is 0.253 e. The normalized spacial score (nSPS) is 14.2. The van der Waals surface area contributed by atoms with Crippen LogP contribution in [-0.4, -0.2) is 35.6 Å². The van der Waals surface area contributed by atoms with Gasteiger partial charge >= 0.3 is 0 Å². The van der Waals surface area contributed by atoms with Gasteiger partial charge in [0.1, 0.15) is 0 Å². The Morgan fingerprint density at radius 1 is 1.47 bits per heavy atom. The number of aliphatic hydroxyl groups is 1. The summed E-state index contributed by atoms with van der Waals surface area (Å²) in [6, 6.07) is 7.78. The molecule has 2 rings (SSSR count). The van der Waals surface area contributed by atoms with Gasteiger partial charge in [0.25, 0.3) is 5.91 Å². The van der Waals surface area contributed by atoms with Gasteiger partial charge in [0.05, 0.1) is 6.61 Å². The molecule has 100 valence electrons. The van der Waals surface area contributed by atoms with Gasteiger partial charge in [-0.05, 0) is 37.5 Å². The number of hydrogen-bond donors (Lipinski definition) is 1. The van der Waals surface area contributed by atoms with E-state index in [1.54, 1.807) is 0 Å². The second-order valence-corrected chi connectivity index (χ2v) is 4.86. The molecule has 0 radical (unpaired) electrons. The topological polar surface area (TPSA) is 40.5 Å². The summed E-state index contributed by atoms with van der Waals surface area (Å²) in [7, 11) is 1.87.